The van der Waals surface area contributed by atoms with Gasteiger partial charge >= 0.3 is 0 Å². The lowest BCUT2D eigenvalue weighted by Crippen LogP contribution is -2.46. The Bertz CT molecular complexity index is 226. The van der Waals surface area contributed by atoms with Gasteiger partial charge < -0.3 is 4.48 Å². The zero-order valence-electron chi connectivity index (χ0n) is 19.3. The van der Waals surface area contributed by atoms with Gasteiger partial charge in [-0.1, -0.05) is 97.8 Å². The van der Waals surface area contributed by atoms with E-state index in [1.807, 2.05) is 0 Å². The molecule has 0 unspecified atom stereocenters. The third kappa shape index (κ3) is 17.4. The summed E-state index contributed by atoms with van der Waals surface area (Å²) >= 11 is 0. The van der Waals surface area contributed by atoms with Crippen molar-refractivity contribution in [2.45, 2.75) is 136 Å². The van der Waals surface area contributed by atoms with E-state index in [4.69, 9.17) is 0 Å². The van der Waals surface area contributed by atoms with Crippen molar-refractivity contribution in [3.8, 4) is 0 Å². The molecule has 0 amide bonds. The highest BCUT2D eigenvalue weighted by molar-refractivity contribution is 4.51. The Morgan fingerprint density at radius 2 is 0.615 bits per heavy atom. The molecule has 0 aromatic carbocycles. The first-order valence-electron chi connectivity index (χ1n) is 12.5. The van der Waals surface area contributed by atoms with E-state index >= 15 is 0 Å². The first-order chi connectivity index (χ1) is 12.7. The van der Waals surface area contributed by atoms with E-state index in [1.54, 1.807) is 0 Å². The van der Waals surface area contributed by atoms with Gasteiger partial charge in [-0.25, -0.2) is 0 Å². The second kappa shape index (κ2) is 19.7. The molecule has 0 fully saturated rings. The quantitative estimate of drug-likeness (QED) is 0.140. The standard InChI is InChI=1S/C25H54N.H2/c1-5-8-11-14-17-20-23-26(4,24-21-18-15-12-9-6-2)25-22-19-16-13-10-7-3;/h5-25H2,1-4H3;1H/q+1;. The molecule has 0 N–H and O–H groups in total. The summed E-state index contributed by atoms with van der Waals surface area (Å²) < 4.78 is 1.36. The minimum Gasteiger partial charge on any atom is -0.326 e. The molecule has 0 radical (unpaired) electrons. The first kappa shape index (κ1) is 26.0. The van der Waals surface area contributed by atoms with E-state index in [9.17, 15) is 0 Å². The van der Waals surface area contributed by atoms with Crippen LogP contribution in [0.2, 0.25) is 0 Å². The van der Waals surface area contributed by atoms with Crippen molar-refractivity contribution in [2.24, 2.45) is 0 Å². The van der Waals surface area contributed by atoms with Gasteiger partial charge in [0, 0.05) is 1.43 Å². The lowest BCUT2D eigenvalue weighted by Gasteiger charge is -2.35. The molecule has 0 saturated carbocycles. The molecule has 0 saturated heterocycles. The Kier molecular flexibility index (Phi) is 19.7. The maximum Gasteiger partial charge on any atom is 0.0784 e. The topological polar surface area (TPSA) is 0 Å². The van der Waals surface area contributed by atoms with E-state index in [0.717, 1.165) is 0 Å². The molecule has 0 atom stereocenters. The molecule has 1 heteroatoms. The van der Waals surface area contributed by atoms with Crippen LogP contribution in [0.3, 0.4) is 0 Å². The zero-order valence-corrected chi connectivity index (χ0v) is 19.3. The number of nitrogens with zero attached hydrogens (tertiary/aromatic N) is 1. The summed E-state index contributed by atoms with van der Waals surface area (Å²) in [7, 11) is 2.56. The van der Waals surface area contributed by atoms with Gasteiger partial charge in [0.15, 0.2) is 0 Å². The number of hydrogen-bond donors (Lipinski definition) is 0. The number of quaternary nitrogens is 1. The van der Waals surface area contributed by atoms with Crippen molar-refractivity contribution >= 4 is 0 Å². The molecule has 26 heavy (non-hydrogen) atoms. The Labute approximate surface area is 169 Å². The number of unbranched alkanes of at least 4 members (excludes halogenated alkanes) is 15. The average Bonchev–Trinajstić information content (AvgIpc) is 2.64. The second-order valence-corrected chi connectivity index (χ2v) is 9.09. The van der Waals surface area contributed by atoms with Gasteiger partial charge in [-0.15, -0.1) is 0 Å². The minimum atomic E-state index is 0. The average molecular weight is 371 g/mol. The smallest absolute Gasteiger partial charge is 0.0784 e. The highest BCUT2D eigenvalue weighted by Crippen LogP contribution is 2.16. The van der Waals surface area contributed by atoms with Crippen LogP contribution in [-0.4, -0.2) is 31.2 Å². The number of hydrogen-bond acceptors (Lipinski definition) is 0. The monoisotopic (exact) mass is 370 g/mol. The Morgan fingerprint density at radius 3 is 0.885 bits per heavy atom. The Hall–Kier alpha value is -0.0400. The Morgan fingerprint density at radius 1 is 0.385 bits per heavy atom. The second-order valence-electron chi connectivity index (χ2n) is 9.09. The highest BCUT2D eigenvalue weighted by Gasteiger charge is 2.20. The van der Waals surface area contributed by atoms with Gasteiger partial charge in [-0.2, -0.15) is 0 Å². The summed E-state index contributed by atoms with van der Waals surface area (Å²) in [6, 6.07) is 0. The maximum absolute atomic E-state index is 2.56. The summed E-state index contributed by atoms with van der Waals surface area (Å²) in [4.78, 5) is 0. The summed E-state index contributed by atoms with van der Waals surface area (Å²) in [5.41, 5.74) is 0. The van der Waals surface area contributed by atoms with Gasteiger partial charge in [-0.05, 0) is 38.5 Å². The molecule has 0 aliphatic carbocycles. The highest BCUT2D eigenvalue weighted by atomic mass is 15.3. The van der Waals surface area contributed by atoms with Gasteiger partial charge in [0.05, 0.1) is 26.7 Å². The van der Waals surface area contributed by atoms with Crippen LogP contribution in [0.5, 0.6) is 0 Å². The fourth-order valence-electron chi connectivity index (χ4n) is 4.16. The largest absolute Gasteiger partial charge is 0.326 e. The van der Waals surface area contributed by atoms with E-state index < -0.39 is 0 Å². The van der Waals surface area contributed by atoms with Gasteiger partial charge in [0.1, 0.15) is 0 Å². The molecule has 0 aliphatic rings. The first-order valence-corrected chi connectivity index (χ1v) is 12.5. The zero-order chi connectivity index (χ0) is 19.3. The summed E-state index contributed by atoms with van der Waals surface area (Å²) in [5.74, 6) is 0. The fraction of sp³-hybridized carbons (Fsp3) is 1.00. The molecule has 0 aliphatic heterocycles. The van der Waals surface area contributed by atoms with E-state index in [0.29, 0.717) is 0 Å². The minimum absolute atomic E-state index is 0. The molecule has 0 heterocycles. The molecular formula is C25H56N+. The molecule has 0 rings (SSSR count). The predicted molar refractivity (Wildman–Crippen MR) is 123 cm³/mol. The van der Waals surface area contributed by atoms with Crippen molar-refractivity contribution in [1.29, 1.82) is 0 Å². The maximum atomic E-state index is 2.56. The molecule has 160 valence electrons. The summed E-state index contributed by atoms with van der Waals surface area (Å²) in [6.45, 7) is 11.2. The van der Waals surface area contributed by atoms with Gasteiger partial charge in [0.2, 0.25) is 0 Å². The lowest BCUT2D eigenvalue weighted by molar-refractivity contribution is -0.910. The summed E-state index contributed by atoms with van der Waals surface area (Å²) in [5, 5.41) is 0. The Balaban J connectivity index is 0. The normalized spacial score (nSPS) is 12.0. The van der Waals surface area contributed by atoms with Crippen LogP contribution in [0, 0.1) is 0 Å². The van der Waals surface area contributed by atoms with Crippen molar-refractivity contribution in [1.82, 2.24) is 0 Å². The van der Waals surface area contributed by atoms with Gasteiger partial charge in [0.25, 0.3) is 0 Å². The molecule has 0 bridgehead atoms. The van der Waals surface area contributed by atoms with Crippen LogP contribution in [0.1, 0.15) is 138 Å². The van der Waals surface area contributed by atoms with Crippen molar-refractivity contribution in [3.05, 3.63) is 0 Å². The number of rotatable bonds is 21. The third-order valence-corrected chi connectivity index (χ3v) is 6.15. The van der Waals surface area contributed by atoms with Crippen LogP contribution in [0.25, 0.3) is 0 Å². The molecule has 0 aromatic rings. The summed E-state index contributed by atoms with van der Waals surface area (Å²) in [6.07, 6.45) is 25.9. The molecule has 0 aromatic heterocycles. The van der Waals surface area contributed by atoms with Crippen molar-refractivity contribution in [3.63, 3.8) is 0 Å². The third-order valence-electron chi connectivity index (χ3n) is 6.15. The van der Waals surface area contributed by atoms with Crippen LogP contribution in [0.15, 0.2) is 0 Å². The van der Waals surface area contributed by atoms with Gasteiger partial charge in [-0.3, -0.25) is 0 Å². The van der Waals surface area contributed by atoms with Crippen molar-refractivity contribution < 1.29 is 5.91 Å². The van der Waals surface area contributed by atoms with E-state index in [1.165, 1.54) is 140 Å². The van der Waals surface area contributed by atoms with Crippen LogP contribution in [-0.2, 0) is 0 Å². The van der Waals surface area contributed by atoms with Crippen LogP contribution in [0.4, 0.5) is 0 Å². The fourth-order valence-corrected chi connectivity index (χ4v) is 4.16. The van der Waals surface area contributed by atoms with E-state index in [-0.39, 0.29) is 1.43 Å². The molecular weight excluding hydrogens is 314 g/mol. The SMILES string of the molecule is CCCCCCCC[N+](C)(CCCCCCCC)CCCCCCCC.[HH]. The lowest BCUT2D eigenvalue weighted by atomic mass is 10.1. The van der Waals surface area contributed by atoms with Crippen LogP contribution < -0.4 is 0 Å². The molecule has 0 spiro atoms. The van der Waals surface area contributed by atoms with E-state index in [2.05, 4.69) is 27.8 Å². The molecule has 1 nitrogen and oxygen atoms in total. The van der Waals surface area contributed by atoms with Crippen LogP contribution >= 0.6 is 0 Å². The van der Waals surface area contributed by atoms with Crippen molar-refractivity contribution in [2.75, 3.05) is 26.7 Å². The predicted octanol–water partition coefficient (Wildman–Crippen LogP) is 8.76.